The Balaban J connectivity index is 2.30. The summed E-state index contributed by atoms with van der Waals surface area (Å²) < 4.78 is 43.5. The molecule has 2 rings (SSSR count). The van der Waals surface area contributed by atoms with Crippen molar-refractivity contribution in [3.8, 4) is 11.6 Å². The van der Waals surface area contributed by atoms with E-state index in [4.69, 9.17) is 16.3 Å². The second kappa shape index (κ2) is 5.61. The molecule has 0 saturated carbocycles. The van der Waals surface area contributed by atoms with Gasteiger partial charge in [-0.3, -0.25) is 0 Å². The van der Waals surface area contributed by atoms with Crippen LogP contribution in [0.3, 0.4) is 0 Å². The molecule has 0 aliphatic rings. The van der Waals surface area contributed by atoms with Crippen LogP contribution in [0.25, 0.3) is 0 Å². The van der Waals surface area contributed by atoms with E-state index in [1.807, 2.05) is 0 Å². The molecule has 0 N–H and O–H groups in total. The van der Waals surface area contributed by atoms with E-state index in [9.17, 15) is 13.2 Å². The van der Waals surface area contributed by atoms with E-state index >= 15 is 0 Å². The number of halogens is 5. The van der Waals surface area contributed by atoms with E-state index in [2.05, 4.69) is 27.0 Å². The van der Waals surface area contributed by atoms with Crippen LogP contribution < -0.4 is 4.74 Å². The molecule has 1 aromatic carbocycles. The summed E-state index contributed by atoms with van der Waals surface area (Å²) in [5, 5.41) is -0.207. The van der Waals surface area contributed by atoms with Crippen LogP contribution >= 0.6 is 27.5 Å². The van der Waals surface area contributed by atoms with Crippen LogP contribution in [-0.4, -0.2) is 4.98 Å². The van der Waals surface area contributed by atoms with Gasteiger partial charge in [0.15, 0.2) is 0 Å². The summed E-state index contributed by atoms with van der Waals surface area (Å²) in [4.78, 5) is 3.60. The lowest BCUT2D eigenvalue weighted by Crippen LogP contribution is -2.05. The minimum Gasteiger partial charge on any atom is -0.437 e. The standard InChI is InChI=1S/C13H7BrClF3NO/c1-7-2-9(14)5-10(3-7)20-12-11(15)4-8(6-19-12)13(16,17)18/h3-6H,1H3. The molecule has 1 radical (unpaired) electrons. The van der Waals surface area contributed by atoms with Crippen molar-refractivity contribution >= 4 is 27.5 Å². The number of hydrogen-bond acceptors (Lipinski definition) is 2. The summed E-state index contributed by atoms with van der Waals surface area (Å²) >= 11 is 9.00. The van der Waals surface area contributed by atoms with Crippen LogP contribution in [0.2, 0.25) is 5.02 Å². The molecule has 0 aliphatic carbocycles. The van der Waals surface area contributed by atoms with E-state index in [1.165, 1.54) is 0 Å². The molecule has 2 aromatic rings. The summed E-state index contributed by atoms with van der Waals surface area (Å²) in [7, 11) is 0. The Labute approximate surface area is 126 Å². The molecule has 20 heavy (non-hydrogen) atoms. The Morgan fingerprint density at radius 3 is 2.55 bits per heavy atom. The van der Waals surface area contributed by atoms with Crippen molar-refractivity contribution in [3.05, 3.63) is 51.1 Å². The zero-order valence-corrected chi connectivity index (χ0v) is 12.4. The third kappa shape index (κ3) is 3.64. The topological polar surface area (TPSA) is 22.1 Å². The fourth-order valence-electron chi connectivity index (χ4n) is 1.47. The zero-order valence-electron chi connectivity index (χ0n) is 10.1. The number of pyridine rings is 1. The van der Waals surface area contributed by atoms with Crippen molar-refractivity contribution in [2.75, 3.05) is 0 Å². The second-order valence-electron chi connectivity index (χ2n) is 3.96. The molecule has 1 aromatic heterocycles. The van der Waals surface area contributed by atoms with Crippen molar-refractivity contribution in [1.29, 1.82) is 0 Å². The van der Waals surface area contributed by atoms with Gasteiger partial charge < -0.3 is 4.74 Å². The summed E-state index contributed by atoms with van der Waals surface area (Å²) in [5.41, 5.74) is -0.119. The van der Waals surface area contributed by atoms with E-state index in [0.717, 1.165) is 11.6 Å². The number of nitrogens with zero attached hydrogens (tertiary/aromatic N) is 1. The van der Waals surface area contributed by atoms with Gasteiger partial charge in [-0.05, 0) is 30.7 Å². The highest BCUT2D eigenvalue weighted by atomic mass is 79.9. The summed E-state index contributed by atoms with van der Waals surface area (Å²) in [6.07, 6.45) is -3.81. The fraction of sp³-hybridized carbons (Fsp3) is 0.154. The average Bonchev–Trinajstić information content (AvgIpc) is 2.29. The lowest BCUT2D eigenvalue weighted by molar-refractivity contribution is -0.137. The van der Waals surface area contributed by atoms with Gasteiger partial charge in [0.2, 0.25) is 5.88 Å². The zero-order chi connectivity index (χ0) is 14.9. The first-order valence-corrected chi connectivity index (χ1v) is 6.53. The number of aromatic nitrogens is 1. The number of ether oxygens (including phenoxy) is 1. The number of hydrogen-bond donors (Lipinski definition) is 0. The minimum atomic E-state index is -4.49. The van der Waals surface area contributed by atoms with Crippen molar-refractivity contribution in [1.82, 2.24) is 4.98 Å². The van der Waals surface area contributed by atoms with Crippen LogP contribution in [0.1, 0.15) is 11.1 Å². The normalized spacial score (nSPS) is 11.5. The van der Waals surface area contributed by atoms with Gasteiger partial charge in [-0.25, -0.2) is 4.98 Å². The first-order valence-electron chi connectivity index (χ1n) is 5.36. The summed E-state index contributed by atoms with van der Waals surface area (Å²) in [6, 6.07) is 7.03. The molecule has 0 spiro atoms. The van der Waals surface area contributed by atoms with E-state index in [-0.39, 0.29) is 10.9 Å². The Morgan fingerprint density at radius 2 is 2.00 bits per heavy atom. The first-order chi connectivity index (χ1) is 9.25. The summed E-state index contributed by atoms with van der Waals surface area (Å²) in [6.45, 7) is 1.80. The quantitative estimate of drug-likeness (QED) is 0.709. The highest BCUT2D eigenvalue weighted by Crippen LogP contribution is 2.35. The second-order valence-corrected chi connectivity index (χ2v) is 5.22. The molecule has 0 amide bonds. The lowest BCUT2D eigenvalue weighted by Gasteiger charge is -2.10. The van der Waals surface area contributed by atoms with Gasteiger partial charge in [0.05, 0.1) is 5.56 Å². The van der Waals surface area contributed by atoms with Crippen LogP contribution in [0.4, 0.5) is 13.2 Å². The van der Waals surface area contributed by atoms with Crippen LogP contribution in [0, 0.1) is 13.0 Å². The molecule has 7 heteroatoms. The summed E-state index contributed by atoms with van der Waals surface area (Å²) in [5.74, 6) is 0.319. The number of alkyl halides is 3. The van der Waals surface area contributed by atoms with Crippen LogP contribution in [0.5, 0.6) is 11.6 Å². The van der Waals surface area contributed by atoms with Crippen molar-refractivity contribution in [2.45, 2.75) is 13.1 Å². The maximum atomic E-state index is 12.5. The molecular weight excluding hydrogens is 359 g/mol. The fourth-order valence-corrected chi connectivity index (χ4v) is 2.21. The van der Waals surface area contributed by atoms with Gasteiger partial charge >= 0.3 is 6.18 Å². The number of benzene rings is 1. The number of rotatable bonds is 2. The lowest BCUT2D eigenvalue weighted by atomic mass is 10.2. The Kier molecular flexibility index (Phi) is 4.25. The van der Waals surface area contributed by atoms with Crippen molar-refractivity contribution < 1.29 is 17.9 Å². The molecule has 0 fully saturated rings. The molecule has 0 saturated heterocycles. The Bertz CT molecular complexity index is 626. The highest BCUT2D eigenvalue weighted by Gasteiger charge is 2.31. The van der Waals surface area contributed by atoms with Crippen molar-refractivity contribution in [2.24, 2.45) is 0 Å². The maximum Gasteiger partial charge on any atom is 0.417 e. The van der Waals surface area contributed by atoms with Gasteiger partial charge in [0.25, 0.3) is 0 Å². The SMILES string of the molecule is Cc1[c]c(Br)cc(Oc2ncc(C(F)(F)F)cc2Cl)c1. The highest BCUT2D eigenvalue weighted by molar-refractivity contribution is 9.10. The van der Waals surface area contributed by atoms with Gasteiger partial charge in [0, 0.05) is 16.7 Å². The van der Waals surface area contributed by atoms with E-state index in [0.29, 0.717) is 16.4 Å². The van der Waals surface area contributed by atoms with Gasteiger partial charge in [-0.15, -0.1) is 0 Å². The molecule has 0 atom stereocenters. The largest absolute Gasteiger partial charge is 0.437 e. The van der Waals surface area contributed by atoms with Crippen LogP contribution in [0.15, 0.2) is 28.9 Å². The molecule has 0 bridgehead atoms. The van der Waals surface area contributed by atoms with E-state index in [1.54, 1.807) is 19.1 Å². The monoisotopic (exact) mass is 364 g/mol. The molecule has 2 nitrogen and oxygen atoms in total. The molecule has 1 heterocycles. The number of aryl methyl sites for hydroxylation is 1. The molecule has 0 aliphatic heterocycles. The van der Waals surface area contributed by atoms with Crippen molar-refractivity contribution in [3.63, 3.8) is 0 Å². The van der Waals surface area contributed by atoms with E-state index < -0.39 is 11.7 Å². The molecular formula is C13H7BrClF3NO. The first kappa shape index (κ1) is 15.1. The van der Waals surface area contributed by atoms with Gasteiger partial charge in [-0.2, -0.15) is 13.2 Å². The third-order valence-corrected chi connectivity index (χ3v) is 2.99. The third-order valence-electron chi connectivity index (χ3n) is 2.29. The Hall–Kier alpha value is -1.27. The van der Waals surface area contributed by atoms with Gasteiger partial charge in [0.1, 0.15) is 10.8 Å². The maximum absolute atomic E-state index is 12.5. The predicted octanol–water partition coefficient (Wildman–Crippen LogP) is 5.42. The molecule has 105 valence electrons. The van der Waals surface area contributed by atoms with Gasteiger partial charge in [-0.1, -0.05) is 27.5 Å². The minimum absolute atomic E-state index is 0.0860. The average molecular weight is 366 g/mol. The van der Waals surface area contributed by atoms with Crippen LogP contribution in [-0.2, 0) is 6.18 Å². The predicted molar refractivity (Wildman–Crippen MR) is 72.0 cm³/mol. The smallest absolute Gasteiger partial charge is 0.417 e. The molecule has 0 unspecified atom stereocenters. The Morgan fingerprint density at radius 1 is 1.30 bits per heavy atom.